The standard InChI is InChI=1S/C31H22Br2N4O2/c32-22-13-7-15-24(17-22)36-30(38)26(28(34-36)20-9-3-1-4-10-20)19-27-29(21-11-5-2-6-12-21)35-37(31(27)39)25-16-8-14-23(33)18-25/h1-18,34-35H,19H2. The minimum absolute atomic E-state index is 0.140. The van der Waals surface area contributed by atoms with Crippen LogP contribution in [0.25, 0.3) is 33.9 Å². The molecule has 0 bridgehead atoms. The summed E-state index contributed by atoms with van der Waals surface area (Å²) < 4.78 is 4.78. The number of H-pyrrole nitrogens is 2. The van der Waals surface area contributed by atoms with Crippen LogP contribution < -0.4 is 11.1 Å². The molecule has 6 aromatic rings. The number of nitrogens with one attached hydrogen (secondary N) is 2. The lowest BCUT2D eigenvalue weighted by Crippen LogP contribution is -2.21. The van der Waals surface area contributed by atoms with Crippen LogP contribution in [0.3, 0.4) is 0 Å². The average molecular weight is 642 g/mol. The first-order valence-corrected chi connectivity index (χ1v) is 13.9. The Hall–Kier alpha value is -4.14. The maximum atomic E-state index is 14.0. The molecule has 6 rings (SSSR count). The van der Waals surface area contributed by atoms with Gasteiger partial charge in [0, 0.05) is 26.5 Å². The molecule has 2 N–H and O–H groups in total. The lowest BCUT2D eigenvalue weighted by atomic mass is 9.99. The first-order valence-electron chi connectivity index (χ1n) is 12.3. The number of aromatic amines is 2. The maximum Gasteiger partial charge on any atom is 0.275 e. The predicted octanol–water partition coefficient (Wildman–Crippen LogP) is 7.09. The van der Waals surface area contributed by atoms with E-state index in [9.17, 15) is 9.59 Å². The van der Waals surface area contributed by atoms with Gasteiger partial charge in [-0.3, -0.25) is 19.8 Å². The molecule has 2 heterocycles. The molecule has 4 aromatic carbocycles. The van der Waals surface area contributed by atoms with Gasteiger partial charge in [-0.15, -0.1) is 0 Å². The summed E-state index contributed by atoms with van der Waals surface area (Å²) in [6.07, 6.45) is 0.140. The summed E-state index contributed by atoms with van der Waals surface area (Å²) >= 11 is 7.00. The van der Waals surface area contributed by atoms with Gasteiger partial charge >= 0.3 is 0 Å². The molecular weight excluding hydrogens is 620 g/mol. The summed E-state index contributed by atoms with van der Waals surface area (Å²) in [6, 6.07) is 34.5. The first kappa shape index (κ1) is 25.2. The lowest BCUT2D eigenvalue weighted by Gasteiger charge is -2.04. The Labute approximate surface area is 240 Å². The van der Waals surface area contributed by atoms with Gasteiger partial charge in [-0.05, 0) is 47.5 Å². The highest BCUT2D eigenvalue weighted by Gasteiger charge is 2.23. The lowest BCUT2D eigenvalue weighted by molar-refractivity contribution is 0.845. The monoisotopic (exact) mass is 640 g/mol. The second kappa shape index (κ2) is 10.6. The van der Waals surface area contributed by atoms with E-state index < -0.39 is 0 Å². The van der Waals surface area contributed by atoms with Crippen LogP contribution in [0.5, 0.6) is 0 Å². The van der Waals surface area contributed by atoms with E-state index in [4.69, 9.17) is 0 Å². The molecular formula is C31H22Br2N4O2. The minimum atomic E-state index is -0.208. The summed E-state index contributed by atoms with van der Waals surface area (Å²) in [5.74, 6) is 0. The van der Waals surface area contributed by atoms with Crippen molar-refractivity contribution in [2.75, 3.05) is 0 Å². The van der Waals surface area contributed by atoms with Gasteiger partial charge in [-0.25, -0.2) is 9.36 Å². The van der Waals surface area contributed by atoms with Crippen LogP contribution in [0.4, 0.5) is 0 Å². The largest absolute Gasteiger partial charge is 0.290 e. The molecule has 6 nitrogen and oxygen atoms in total. The van der Waals surface area contributed by atoms with Crippen molar-refractivity contribution in [3.05, 3.63) is 150 Å². The molecule has 0 fully saturated rings. The first-order chi connectivity index (χ1) is 19.0. The highest BCUT2D eigenvalue weighted by atomic mass is 79.9. The quantitative estimate of drug-likeness (QED) is 0.204. The second-order valence-corrected chi connectivity index (χ2v) is 10.9. The Kier molecular flexibility index (Phi) is 6.81. The predicted molar refractivity (Wildman–Crippen MR) is 162 cm³/mol. The number of hydrogen-bond acceptors (Lipinski definition) is 2. The molecule has 0 saturated heterocycles. The topological polar surface area (TPSA) is 75.6 Å². The van der Waals surface area contributed by atoms with Gasteiger partial charge in [0.1, 0.15) is 0 Å². The van der Waals surface area contributed by atoms with Crippen LogP contribution >= 0.6 is 31.9 Å². The Morgan fingerprint density at radius 3 is 1.33 bits per heavy atom. The van der Waals surface area contributed by atoms with Crippen molar-refractivity contribution in [2.24, 2.45) is 0 Å². The summed E-state index contributed by atoms with van der Waals surface area (Å²) in [5.41, 5.74) is 5.07. The molecule has 0 aliphatic carbocycles. The number of nitrogens with zero attached hydrogens (tertiary/aromatic N) is 2. The molecule has 8 heteroatoms. The summed E-state index contributed by atoms with van der Waals surface area (Å²) in [6.45, 7) is 0. The highest BCUT2D eigenvalue weighted by Crippen LogP contribution is 2.27. The van der Waals surface area contributed by atoms with Gasteiger partial charge in [0.2, 0.25) is 0 Å². The third-order valence-electron chi connectivity index (χ3n) is 6.58. The van der Waals surface area contributed by atoms with Crippen LogP contribution in [-0.2, 0) is 6.42 Å². The Morgan fingerprint density at radius 1 is 0.538 bits per heavy atom. The average Bonchev–Trinajstić information content (AvgIpc) is 3.46. The molecule has 0 saturated carbocycles. The Bertz CT molecular complexity index is 1760. The van der Waals surface area contributed by atoms with E-state index in [1.807, 2.05) is 109 Å². The molecule has 0 aliphatic rings. The SMILES string of the molecule is O=c1c(Cc2c(-c3ccccc3)[nH]n(-c3cccc(Br)c3)c2=O)c(-c2ccccc2)[nH]n1-c1cccc(Br)c1. The number of hydrogen-bond donors (Lipinski definition) is 2. The fourth-order valence-corrected chi connectivity index (χ4v) is 5.50. The zero-order valence-electron chi connectivity index (χ0n) is 20.6. The van der Waals surface area contributed by atoms with Crippen molar-refractivity contribution < 1.29 is 0 Å². The van der Waals surface area contributed by atoms with E-state index in [1.165, 1.54) is 9.36 Å². The van der Waals surface area contributed by atoms with Gasteiger partial charge in [0.05, 0.1) is 22.8 Å². The van der Waals surface area contributed by atoms with Crippen molar-refractivity contribution in [3.8, 4) is 33.9 Å². The zero-order chi connectivity index (χ0) is 26.9. The van der Waals surface area contributed by atoms with Crippen molar-refractivity contribution in [1.82, 2.24) is 19.6 Å². The van der Waals surface area contributed by atoms with E-state index in [0.29, 0.717) is 33.9 Å². The molecule has 0 aliphatic heterocycles. The van der Waals surface area contributed by atoms with E-state index in [-0.39, 0.29) is 17.5 Å². The number of benzene rings is 4. The molecule has 0 spiro atoms. The van der Waals surface area contributed by atoms with Crippen molar-refractivity contribution >= 4 is 31.9 Å². The summed E-state index contributed by atoms with van der Waals surface area (Å²) in [5, 5.41) is 6.63. The van der Waals surface area contributed by atoms with E-state index in [0.717, 1.165) is 20.1 Å². The van der Waals surface area contributed by atoms with Gasteiger partial charge in [0.15, 0.2) is 0 Å². The van der Waals surface area contributed by atoms with E-state index in [1.54, 1.807) is 0 Å². The number of aromatic nitrogens is 4. The van der Waals surface area contributed by atoms with Crippen molar-refractivity contribution in [1.29, 1.82) is 0 Å². The molecule has 192 valence electrons. The van der Waals surface area contributed by atoms with Gasteiger partial charge in [0.25, 0.3) is 11.1 Å². The molecule has 39 heavy (non-hydrogen) atoms. The van der Waals surface area contributed by atoms with Gasteiger partial charge < -0.3 is 0 Å². The fraction of sp³-hybridized carbons (Fsp3) is 0.0323. The fourth-order valence-electron chi connectivity index (χ4n) is 4.73. The van der Waals surface area contributed by atoms with Gasteiger partial charge in [-0.2, -0.15) is 0 Å². The zero-order valence-corrected chi connectivity index (χ0v) is 23.7. The van der Waals surface area contributed by atoms with E-state index >= 15 is 0 Å². The normalized spacial score (nSPS) is 11.1. The van der Waals surface area contributed by atoms with E-state index in [2.05, 4.69) is 42.1 Å². The third kappa shape index (κ3) is 4.89. The van der Waals surface area contributed by atoms with Crippen molar-refractivity contribution in [2.45, 2.75) is 6.42 Å². The van der Waals surface area contributed by atoms with Crippen molar-refractivity contribution in [3.63, 3.8) is 0 Å². The molecule has 0 atom stereocenters. The number of halogens is 2. The Balaban J connectivity index is 1.57. The Morgan fingerprint density at radius 2 is 0.949 bits per heavy atom. The van der Waals surface area contributed by atoms with Crippen LogP contribution in [0.15, 0.2) is 128 Å². The summed E-state index contributed by atoms with van der Waals surface area (Å²) in [4.78, 5) is 27.9. The molecule has 0 unspecified atom stereocenters. The maximum absolute atomic E-state index is 14.0. The smallest absolute Gasteiger partial charge is 0.275 e. The molecule has 2 aromatic heterocycles. The molecule has 0 amide bonds. The minimum Gasteiger partial charge on any atom is -0.290 e. The van der Waals surface area contributed by atoms with Crippen LogP contribution in [0.1, 0.15) is 11.1 Å². The third-order valence-corrected chi connectivity index (χ3v) is 7.57. The highest BCUT2D eigenvalue weighted by molar-refractivity contribution is 9.10. The van der Waals surface area contributed by atoms with Gasteiger partial charge in [-0.1, -0.05) is 105 Å². The second-order valence-electron chi connectivity index (χ2n) is 9.08. The van der Waals surface area contributed by atoms with Crippen LogP contribution in [-0.4, -0.2) is 19.6 Å². The van der Waals surface area contributed by atoms with Crippen LogP contribution in [0.2, 0.25) is 0 Å². The van der Waals surface area contributed by atoms with Crippen LogP contribution in [0, 0.1) is 0 Å². The number of rotatable bonds is 6. The molecule has 0 radical (unpaired) electrons. The summed E-state index contributed by atoms with van der Waals surface area (Å²) in [7, 11) is 0.